The van der Waals surface area contributed by atoms with Crippen LogP contribution < -0.4 is 0 Å². The quantitative estimate of drug-likeness (QED) is 0.579. The molecule has 1 rings (SSSR count). The summed E-state index contributed by atoms with van der Waals surface area (Å²) in [5, 5.41) is 0. The first-order valence-electron chi connectivity index (χ1n) is 5.64. The molecule has 0 aliphatic heterocycles. The maximum absolute atomic E-state index is 12.7. The molecule has 0 atom stereocenters. The molecule has 0 aliphatic carbocycles. The van der Waals surface area contributed by atoms with Crippen LogP contribution in [0.5, 0.6) is 0 Å². The molecule has 0 unspecified atom stereocenters. The van der Waals surface area contributed by atoms with Crippen LogP contribution in [-0.4, -0.2) is 24.7 Å². The molecule has 98 valence electrons. The average molecular weight is 255 g/mol. The highest BCUT2D eigenvalue weighted by Crippen LogP contribution is 2.07. The summed E-state index contributed by atoms with van der Waals surface area (Å²) in [5.74, 6) is -0.676. The molecular weight excluding hydrogens is 240 g/mol. The van der Waals surface area contributed by atoms with E-state index in [-0.39, 0.29) is 13.2 Å². The molecule has 1 aromatic carbocycles. The SMILES string of the molecule is CCOC(=O)C/C(=N\Cc1ccccc1)C(F)F. The van der Waals surface area contributed by atoms with Crippen LogP contribution in [0.2, 0.25) is 0 Å². The minimum Gasteiger partial charge on any atom is -0.466 e. The van der Waals surface area contributed by atoms with Crippen molar-refractivity contribution in [1.82, 2.24) is 0 Å². The number of carbonyl (C=O) groups is 1. The van der Waals surface area contributed by atoms with E-state index in [0.717, 1.165) is 5.56 Å². The minimum absolute atomic E-state index is 0.139. The third kappa shape index (κ3) is 5.03. The van der Waals surface area contributed by atoms with Gasteiger partial charge in [-0.2, -0.15) is 0 Å². The van der Waals surface area contributed by atoms with Gasteiger partial charge in [0.15, 0.2) is 0 Å². The van der Waals surface area contributed by atoms with Crippen molar-refractivity contribution >= 4 is 11.7 Å². The van der Waals surface area contributed by atoms with Gasteiger partial charge in [0.1, 0.15) is 0 Å². The van der Waals surface area contributed by atoms with Crippen molar-refractivity contribution in [2.75, 3.05) is 6.61 Å². The lowest BCUT2D eigenvalue weighted by Crippen LogP contribution is -2.18. The van der Waals surface area contributed by atoms with Gasteiger partial charge in [-0.15, -0.1) is 0 Å². The highest BCUT2D eigenvalue weighted by molar-refractivity contribution is 6.00. The van der Waals surface area contributed by atoms with E-state index in [1.807, 2.05) is 6.07 Å². The molecule has 0 aromatic heterocycles. The van der Waals surface area contributed by atoms with Crippen LogP contribution in [0, 0.1) is 0 Å². The van der Waals surface area contributed by atoms with Gasteiger partial charge < -0.3 is 4.74 Å². The van der Waals surface area contributed by atoms with E-state index in [4.69, 9.17) is 0 Å². The van der Waals surface area contributed by atoms with E-state index in [9.17, 15) is 13.6 Å². The highest BCUT2D eigenvalue weighted by atomic mass is 19.3. The predicted molar refractivity (Wildman–Crippen MR) is 64.8 cm³/mol. The Balaban J connectivity index is 2.64. The molecule has 1 aromatic rings. The molecule has 0 spiro atoms. The van der Waals surface area contributed by atoms with Crippen LogP contribution in [0.15, 0.2) is 35.3 Å². The fourth-order valence-corrected chi connectivity index (χ4v) is 1.34. The number of hydrogen-bond acceptors (Lipinski definition) is 3. The zero-order chi connectivity index (χ0) is 13.4. The summed E-state index contributed by atoms with van der Waals surface area (Å²) in [6.07, 6.45) is -3.20. The molecule has 18 heavy (non-hydrogen) atoms. The largest absolute Gasteiger partial charge is 0.466 e. The summed E-state index contributed by atoms with van der Waals surface area (Å²) in [5.41, 5.74) is 0.386. The van der Waals surface area contributed by atoms with Gasteiger partial charge in [0.2, 0.25) is 0 Å². The highest BCUT2D eigenvalue weighted by Gasteiger charge is 2.17. The van der Waals surface area contributed by atoms with E-state index in [0.29, 0.717) is 0 Å². The number of rotatable bonds is 6. The smallest absolute Gasteiger partial charge is 0.311 e. The standard InChI is InChI=1S/C13H15F2NO2/c1-2-18-12(17)8-11(13(14)15)16-9-10-6-4-3-5-7-10/h3-7,13H,2,8-9H2,1H3/b16-11+. The second-order valence-corrected chi connectivity index (χ2v) is 3.58. The zero-order valence-electron chi connectivity index (χ0n) is 10.1. The molecule has 0 fully saturated rings. The third-order valence-electron chi connectivity index (χ3n) is 2.19. The van der Waals surface area contributed by atoms with Crippen molar-refractivity contribution < 1.29 is 18.3 Å². The number of esters is 1. The first kappa shape index (κ1) is 14.3. The Hall–Kier alpha value is -1.78. The molecule has 3 nitrogen and oxygen atoms in total. The van der Waals surface area contributed by atoms with Crippen molar-refractivity contribution in [3.63, 3.8) is 0 Å². The second-order valence-electron chi connectivity index (χ2n) is 3.58. The van der Waals surface area contributed by atoms with E-state index in [1.54, 1.807) is 31.2 Å². The fourth-order valence-electron chi connectivity index (χ4n) is 1.34. The van der Waals surface area contributed by atoms with Crippen LogP contribution in [-0.2, 0) is 16.1 Å². The number of halogens is 2. The molecule has 0 amide bonds. The Morgan fingerprint density at radius 3 is 2.56 bits per heavy atom. The van der Waals surface area contributed by atoms with Gasteiger partial charge in [-0.05, 0) is 12.5 Å². The number of ether oxygens (including phenoxy) is 1. The van der Waals surface area contributed by atoms with Crippen LogP contribution in [0.1, 0.15) is 18.9 Å². The Kier molecular flexibility index (Phi) is 5.97. The van der Waals surface area contributed by atoms with Crippen molar-refractivity contribution in [1.29, 1.82) is 0 Å². The lowest BCUT2D eigenvalue weighted by molar-refractivity contribution is -0.141. The number of benzene rings is 1. The maximum Gasteiger partial charge on any atom is 0.311 e. The molecule has 0 heterocycles. The number of alkyl halides is 2. The predicted octanol–water partition coefficient (Wildman–Crippen LogP) is 2.85. The van der Waals surface area contributed by atoms with Crippen molar-refractivity contribution in [3.8, 4) is 0 Å². The van der Waals surface area contributed by atoms with E-state index >= 15 is 0 Å². The Labute approximate surface area is 104 Å². The summed E-state index contributed by atoms with van der Waals surface area (Å²) in [7, 11) is 0. The third-order valence-corrected chi connectivity index (χ3v) is 2.19. The lowest BCUT2D eigenvalue weighted by Gasteiger charge is -2.05. The van der Waals surface area contributed by atoms with Gasteiger partial charge in [0.05, 0.1) is 25.3 Å². The molecule has 0 saturated carbocycles. The van der Waals surface area contributed by atoms with Crippen molar-refractivity contribution in [3.05, 3.63) is 35.9 Å². The molecule has 0 N–H and O–H groups in total. The Morgan fingerprint density at radius 2 is 2.00 bits per heavy atom. The first-order chi connectivity index (χ1) is 8.63. The van der Waals surface area contributed by atoms with Crippen molar-refractivity contribution in [2.24, 2.45) is 4.99 Å². The Morgan fingerprint density at radius 1 is 1.33 bits per heavy atom. The van der Waals surface area contributed by atoms with Gasteiger partial charge in [-0.1, -0.05) is 30.3 Å². The number of carbonyl (C=O) groups excluding carboxylic acids is 1. The summed E-state index contributed by atoms with van der Waals surface area (Å²) >= 11 is 0. The molecule has 0 radical (unpaired) electrons. The monoisotopic (exact) mass is 255 g/mol. The van der Waals surface area contributed by atoms with Gasteiger partial charge >= 0.3 is 5.97 Å². The minimum atomic E-state index is -2.74. The van der Waals surface area contributed by atoms with E-state index < -0.39 is 24.5 Å². The molecule has 5 heteroatoms. The maximum atomic E-state index is 12.7. The summed E-state index contributed by atoms with van der Waals surface area (Å²) in [6, 6.07) is 9.02. The van der Waals surface area contributed by atoms with E-state index in [2.05, 4.69) is 9.73 Å². The van der Waals surface area contributed by atoms with Crippen molar-refractivity contribution in [2.45, 2.75) is 26.3 Å². The average Bonchev–Trinajstić information content (AvgIpc) is 2.35. The lowest BCUT2D eigenvalue weighted by atomic mass is 10.2. The number of aliphatic imine (C=N–C) groups is 1. The van der Waals surface area contributed by atoms with Crippen LogP contribution >= 0.6 is 0 Å². The summed E-state index contributed by atoms with van der Waals surface area (Å²) in [6.45, 7) is 1.94. The van der Waals surface area contributed by atoms with Gasteiger partial charge in [0, 0.05) is 0 Å². The molecule has 0 saturated heterocycles. The second kappa shape index (κ2) is 7.53. The molecule has 0 aliphatic rings. The molecule has 0 bridgehead atoms. The van der Waals surface area contributed by atoms with Crippen LogP contribution in [0.4, 0.5) is 8.78 Å². The fraction of sp³-hybridized carbons (Fsp3) is 0.385. The normalized spacial score (nSPS) is 11.7. The van der Waals surface area contributed by atoms with Gasteiger partial charge in [-0.25, -0.2) is 8.78 Å². The first-order valence-corrected chi connectivity index (χ1v) is 5.64. The zero-order valence-corrected chi connectivity index (χ0v) is 10.1. The van der Waals surface area contributed by atoms with E-state index in [1.165, 1.54) is 0 Å². The van der Waals surface area contributed by atoms with Gasteiger partial charge in [-0.3, -0.25) is 9.79 Å². The van der Waals surface area contributed by atoms with Gasteiger partial charge in [0.25, 0.3) is 6.43 Å². The summed E-state index contributed by atoms with van der Waals surface area (Å²) in [4.78, 5) is 14.9. The number of hydrogen-bond donors (Lipinski definition) is 0. The Bertz CT molecular complexity index is 405. The topological polar surface area (TPSA) is 38.7 Å². The van der Waals surface area contributed by atoms with Crippen LogP contribution in [0.3, 0.4) is 0 Å². The molecular formula is C13H15F2NO2. The summed E-state index contributed by atoms with van der Waals surface area (Å²) < 4.78 is 29.9. The van der Waals surface area contributed by atoms with Crippen LogP contribution in [0.25, 0.3) is 0 Å². The number of nitrogens with zero attached hydrogens (tertiary/aromatic N) is 1.